The van der Waals surface area contributed by atoms with E-state index in [0.29, 0.717) is 30.7 Å². The normalized spacial score (nSPS) is 15.8. The molecule has 0 spiro atoms. The average Bonchev–Trinajstić information content (AvgIpc) is 2.52. The average molecular weight is 279 g/mol. The summed E-state index contributed by atoms with van der Waals surface area (Å²) in [7, 11) is 1.50. The van der Waals surface area contributed by atoms with E-state index in [4.69, 9.17) is 9.47 Å². The van der Waals surface area contributed by atoms with Gasteiger partial charge in [0, 0.05) is 12.7 Å². The van der Waals surface area contributed by atoms with Gasteiger partial charge in [-0.3, -0.25) is 4.79 Å². The van der Waals surface area contributed by atoms with E-state index >= 15 is 0 Å². The highest BCUT2D eigenvalue weighted by Gasteiger charge is 2.14. The van der Waals surface area contributed by atoms with E-state index in [1.165, 1.54) is 7.11 Å². The molecular weight excluding hydrogens is 258 g/mol. The van der Waals surface area contributed by atoms with E-state index in [2.05, 4.69) is 15.6 Å². The third kappa shape index (κ3) is 4.18. The highest BCUT2D eigenvalue weighted by molar-refractivity contribution is 5.96. The van der Waals surface area contributed by atoms with Crippen molar-refractivity contribution in [3.63, 3.8) is 0 Å². The summed E-state index contributed by atoms with van der Waals surface area (Å²) in [6.07, 6.45) is 3.96. The van der Waals surface area contributed by atoms with Gasteiger partial charge in [0.25, 0.3) is 5.91 Å². The number of hydrogen-bond donors (Lipinski definition) is 2. The van der Waals surface area contributed by atoms with E-state index in [1.54, 1.807) is 18.3 Å². The Bertz CT molecular complexity index is 433. The Morgan fingerprint density at radius 1 is 1.50 bits per heavy atom. The molecule has 2 heterocycles. The van der Waals surface area contributed by atoms with E-state index in [1.807, 2.05) is 0 Å². The predicted molar refractivity (Wildman–Crippen MR) is 75.0 cm³/mol. The van der Waals surface area contributed by atoms with Gasteiger partial charge in [0.1, 0.15) is 5.56 Å². The first kappa shape index (κ1) is 14.7. The molecule has 0 atom stereocenters. The summed E-state index contributed by atoms with van der Waals surface area (Å²) < 4.78 is 10.8. The Labute approximate surface area is 118 Å². The zero-order valence-electron chi connectivity index (χ0n) is 11.7. The van der Waals surface area contributed by atoms with Gasteiger partial charge < -0.3 is 20.1 Å². The maximum Gasteiger partial charge on any atom is 0.256 e. The number of pyridine rings is 1. The first-order valence-electron chi connectivity index (χ1n) is 6.91. The maximum atomic E-state index is 12.0. The van der Waals surface area contributed by atoms with Crippen molar-refractivity contribution in [3.05, 3.63) is 23.9 Å². The Morgan fingerprint density at radius 3 is 3.05 bits per heavy atom. The van der Waals surface area contributed by atoms with Gasteiger partial charge in [-0.05, 0) is 38.1 Å². The molecule has 2 N–H and O–H groups in total. The quantitative estimate of drug-likeness (QED) is 0.746. The molecule has 0 radical (unpaired) electrons. The second kappa shape index (κ2) is 7.81. The fraction of sp³-hybridized carbons (Fsp3) is 0.571. The maximum absolute atomic E-state index is 12.0. The SMILES string of the molecule is COc1ncccc1C(=O)NCCOC1CCNCC1. The highest BCUT2D eigenvalue weighted by Crippen LogP contribution is 2.13. The first-order chi connectivity index (χ1) is 9.81. The molecular formula is C14H21N3O3. The molecule has 0 aromatic carbocycles. The van der Waals surface area contributed by atoms with Crippen molar-refractivity contribution in [2.24, 2.45) is 0 Å². The summed E-state index contributed by atoms with van der Waals surface area (Å²) in [5, 5.41) is 6.10. The molecule has 0 saturated carbocycles. The first-order valence-corrected chi connectivity index (χ1v) is 6.91. The van der Waals surface area contributed by atoms with Crippen LogP contribution in [-0.2, 0) is 4.74 Å². The van der Waals surface area contributed by atoms with Crippen LogP contribution in [-0.4, -0.2) is 50.3 Å². The third-order valence-electron chi connectivity index (χ3n) is 3.24. The van der Waals surface area contributed by atoms with Crippen molar-refractivity contribution in [2.75, 3.05) is 33.4 Å². The molecule has 0 aliphatic carbocycles. The minimum absolute atomic E-state index is 0.191. The molecule has 1 aliphatic heterocycles. The lowest BCUT2D eigenvalue weighted by Crippen LogP contribution is -2.34. The second-order valence-corrected chi connectivity index (χ2v) is 4.64. The number of amides is 1. The molecule has 2 rings (SSSR count). The summed E-state index contributed by atoms with van der Waals surface area (Å²) >= 11 is 0. The fourth-order valence-electron chi connectivity index (χ4n) is 2.17. The third-order valence-corrected chi connectivity index (χ3v) is 3.24. The topological polar surface area (TPSA) is 72.5 Å². The van der Waals surface area contributed by atoms with E-state index in [9.17, 15) is 4.79 Å². The summed E-state index contributed by atoms with van der Waals surface area (Å²) in [5.74, 6) is 0.146. The number of nitrogens with zero attached hydrogens (tertiary/aromatic N) is 1. The Balaban J connectivity index is 1.72. The van der Waals surface area contributed by atoms with Crippen molar-refractivity contribution in [1.82, 2.24) is 15.6 Å². The smallest absolute Gasteiger partial charge is 0.256 e. The fourth-order valence-corrected chi connectivity index (χ4v) is 2.17. The molecule has 1 fully saturated rings. The summed E-state index contributed by atoms with van der Waals surface area (Å²) in [6.45, 7) is 3.02. The number of ether oxygens (including phenoxy) is 2. The molecule has 110 valence electrons. The molecule has 1 aliphatic rings. The van der Waals surface area contributed by atoms with Gasteiger partial charge in [0.15, 0.2) is 0 Å². The van der Waals surface area contributed by atoms with E-state index < -0.39 is 0 Å². The molecule has 6 nitrogen and oxygen atoms in total. The zero-order chi connectivity index (χ0) is 14.2. The molecule has 1 aromatic rings. The lowest BCUT2D eigenvalue weighted by atomic mass is 10.1. The number of rotatable bonds is 6. The van der Waals surface area contributed by atoms with Crippen molar-refractivity contribution < 1.29 is 14.3 Å². The standard InChI is InChI=1S/C14H21N3O3/c1-19-14-12(3-2-6-17-14)13(18)16-9-10-20-11-4-7-15-8-5-11/h2-3,6,11,15H,4-5,7-10H2,1H3,(H,16,18). The summed E-state index contributed by atoms with van der Waals surface area (Å²) in [4.78, 5) is 16.0. The largest absolute Gasteiger partial charge is 0.480 e. The lowest BCUT2D eigenvalue weighted by Gasteiger charge is -2.22. The Kier molecular flexibility index (Phi) is 5.76. The van der Waals surface area contributed by atoms with Crippen molar-refractivity contribution in [2.45, 2.75) is 18.9 Å². The van der Waals surface area contributed by atoms with Crippen molar-refractivity contribution in [1.29, 1.82) is 0 Å². The molecule has 1 saturated heterocycles. The van der Waals surface area contributed by atoms with Crippen LogP contribution >= 0.6 is 0 Å². The minimum atomic E-state index is -0.191. The van der Waals surface area contributed by atoms with Gasteiger partial charge >= 0.3 is 0 Å². The van der Waals surface area contributed by atoms with Crippen molar-refractivity contribution >= 4 is 5.91 Å². The zero-order valence-corrected chi connectivity index (χ0v) is 11.7. The van der Waals surface area contributed by atoms with Crippen LogP contribution < -0.4 is 15.4 Å². The molecule has 0 bridgehead atoms. The number of carbonyl (C=O) groups is 1. The molecule has 1 aromatic heterocycles. The van der Waals surface area contributed by atoms with Crippen LogP contribution in [0.2, 0.25) is 0 Å². The molecule has 1 amide bonds. The van der Waals surface area contributed by atoms with Crippen LogP contribution in [0.1, 0.15) is 23.2 Å². The van der Waals surface area contributed by atoms with Crippen LogP contribution in [0.25, 0.3) is 0 Å². The molecule has 0 unspecified atom stereocenters. The van der Waals surface area contributed by atoms with E-state index in [-0.39, 0.29) is 5.91 Å². The van der Waals surface area contributed by atoms with Crippen LogP contribution in [0.15, 0.2) is 18.3 Å². The molecule has 20 heavy (non-hydrogen) atoms. The van der Waals surface area contributed by atoms with Crippen LogP contribution in [0.3, 0.4) is 0 Å². The van der Waals surface area contributed by atoms with Gasteiger partial charge in [0.05, 0.1) is 19.8 Å². The lowest BCUT2D eigenvalue weighted by molar-refractivity contribution is 0.0343. The number of nitrogens with one attached hydrogen (secondary N) is 2. The van der Waals surface area contributed by atoms with Gasteiger partial charge in [0.2, 0.25) is 5.88 Å². The van der Waals surface area contributed by atoms with Crippen LogP contribution in [0.5, 0.6) is 5.88 Å². The van der Waals surface area contributed by atoms with Gasteiger partial charge in [-0.1, -0.05) is 0 Å². The monoisotopic (exact) mass is 279 g/mol. The summed E-state index contributed by atoms with van der Waals surface area (Å²) in [5.41, 5.74) is 0.442. The number of carbonyl (C=O) groups excluding carboxylic acids is 1. The van der Waals surface area contributed by atoms with Gasteiger partial charge in [-0.15, -0.1) is 0 Å². The number of aromatic nitrogens is 1. The summed E-state index contributed by atoms with van der Waals surface area (Å²) in [6, 6.07) is 3.40. The van der Waals surface area contributed by atoms with Gasteiger partial charge in [-0.25, -0.2) is 4.98 Å². The number of piperidine rings is 1. The van der Waals surface area contributed by atoms with E-state index in [0.717, 1.165) is 25.9 Å². The minimum Gasteiger partial charge on any atom is -0.480 e. The molecule has 6 heteroatoms. The Morgan fingerprint density at radius 2 is 2.30 bits per heavy atom. The van der Waals surface area contributed by atoms with Crippen molar-refractivity contribution in [3.8, 4) is 5.88 Å². The van der Waals surface area contributed by atoms with Crippen LogP contribution in [0, 0.1) is 0 Å². The predicted octanol–water partition coefficient (Wildman–Crippen LogP) is 0.589. The number of methoxy groups -OCH3 is 1. The Hall–Kier alpha value is -1.66. The van der Waals surface area contributed by atoms with Gasteiger partial charge in [-0.2, -0.15) is 0 Å². The number of hydrogen-bond acceptors (Lipinski definition) is 5. The highest BCUT2D eigenvalue weighted by atomic mass is 16.5. The van der Waals surface area contributed by atoms with Crippen LogP contribution in [0.4, 0.5) is 0 Å². The second-order valence-electron chi connectivity index (χ2n) is 4.64.